The number of hydrogen-bond donors (Lipinski definition) is 11. The maximum atomic E-state index is 14.5. The van der Waals surface area contributed by atoms with Gasteiger partial charge in [0.15, 0.2) is 11.9 Å². The molecule has 0 radical (unpaired) electrons. The molecule has 6 amide bonds. The number of amides is 6. The Morgan fingerprint density at radius 1 is 0.746 bits per heavy atom. The maximum absolute atomic E-state index is 14.5. The molecule has 7 atom stereocenters. The number of carbonyl (C=O) groups is 7. The van der Waals surface area contributed by atoms with E-state index in [2.05, 4.69) is 36.6 Å². The van der Waals surface area contributed by atoms with Gasteiger partial charge in [-0.25, -0.2) is 9.18 Å². The molecule has 1 heterocycles. The zero-order valence-corrected chi connectivity index (χ0v) is 38.5. The average Bonchev–Trinajstić information content (AvgIpc) is 3.77. The second-order valence-electron chi connectivity index (χ2n) is 17.0. The molecule has 67 heavy (non-hydrogen) atoms. The standard InChI is InChI=1S/C45H67FN12O9/c1-5-26(4)36(41(64)56-34(43(66)67)23-25(2)3)57-39(62)33(24-27-12-18-30(59)19-13-27)55-40(63)35-11-8-22-58(35)42(65)32(10-7-21-52-45(49)50)54-38(61)31(9-6-20-51-44(47)48)53-37(60)28-14-16-29(46)17-15-28/h12-19,25-26,31-36,59H,5-11,20-24H2,1-4H3,(H,53,60)(H,54,61)(H,55,63)(H,56,64)(H,57,62)(H,66,67)(H4,47,48,51)(H4,49,50,52)/t26-,31-,32-,33-,34-,35-,36-/m0/s1/i46-1. The predicted octanol–water partition coefficient (Wildman–Crippen LogP) is 0.0866. The van der Waals surface area contributed by atoms with Crippen molar-refractivity contribution in [1.29, 1.82) is 0 Å². The molecule has 0 aliphatic carbocycles. The molecule has 0 spiro atoms. The zero-order chi connectivity index (χ0) is 49.8. The summed E-state index contributed by atoms with van der Waals surface area (Å²) in [7, 11) is 0. The van der Waals surface area contributed by atoms with Gasteiger partial charge in [-0.05, 0) is 98.7 Å². The van der Waals surface area contributed by atoms with E-state index >= 15 is 0 Å². The van der Waals surface area contributed by atoms with Gasteiger partial charge in [-0.3, -0.25) is 38.8 Å². The number of nitrogens with two attached hydrogens (primary N) is 4. The Balaban J connectivity index is 1.92. The van der Waals surface area contributed by atoms with Crippen LogP contribution in [0.3, 0.4) is 0 Å². The van der Waals surface area contributed by atoms with Crippen LogP contribution in [0, 0.1) is 17.7 Å². The minimum Gasteiger partial charge on any atom is -0.508 e. The van der Waals surface area contributed by atoms with E-state index in [1.165, 1.54) is 29.2 Å². The number of phenols is 1. The molecule has 21 nitrogen and oxygen atoms in total. The number of carboxylic acid groups (broad SMARTS) is 1. The summed E-state index contributed by atoms with van der Waals surface area (Å²) in [5.41, 5.74) is 22.6. The summed E-state index contributed by atoms with van der Waals surface area (Å²) in [6.45, 7) is 7.46. The quantitative estimate of drug-likeness (QED) is 0.0339. The summed E-state index contributed by atoms with van der Waals surface area (Å²) < 4.78 is 13.6. The molecular formula is C45H67FN12O9. The van der Waals surface area contributed by atoms with E-state index in [0.29, 0.717) is 18.4 Å². The van der Waals surface area contributed by atoms with Gasteiger partial charge in [0.05, 0.1) is 0 Å². The number of hydrogen-bond acceptors (Lipinski definition) is 10. The second kappa shape index (κ2) is 26.8. The van der Waals surface area contributed by atoms with Crippen molar-refractivity contribution in [2.45, 2.75) is 122 Å². The Morgan fingerprint density at radius 3 is 1.87 bits per heavy atom. The maximum Gasteiger partial charge on any atom is 0.326 e. The van der Waals surface area contributed by atoms with E-state index in [0.717, 1.165) is 12.1 Å². The number of aliphatic imine (C=N–C) groups is 2. The second-order valence-corrected chi connectivity index (χ2v) is 17.0. The fraction of sp³-hybridized carbons (Fsp3) is 0.533. The predicted molar refractivity (Wildman–Crippen MR) is 248 cm³/mol. The third-order valence-electron chi connectivity index (χ3n) is 11.2. The van der Waals surface area contributed by atoms with Crippen molar-refractivity contribution in [2.24, 2.45) is 44.8 Å². The van der Waals surface area contributed by atoms with E-state index in [4.69, 9.17) is 22.9 Å². The van der Waals surface area contributed by atoms with Gasteiger partial charge >= 0.3 is 5.97 Å². The summed E-state index contributed by atoms with van der Waals surface area (Å²) >= 11 is 0. The molecular weight excluding hydrogens is 871 g/mol. The Labute approximate surface area is 389 Å². The molecule has 1 aliphatic rings. The molecule has 1 aliphatic heterocycles. The van der Waals surface area contributed by atoms with Crippen LogP contribution in [0.25, 0.3) is 0 Å². The number of phenolic OH excluding ortho intramolecular Hbond substituents is 1. The van der Waals surface area contributed by atoms with Crippen molar-refractivity contribution in [3.8, 4) is 5.75 Å². The number of aromatic hydroxyl groups is 1. The van der Waals surface area contributed by atoms with E-state index < -0.39 is 89.4 Å². The van der Waals surface area contributed by atoms with Crippen molar-refractivity contribution in [2.75, 3.05) is 19.6 Å². The minimum absolute atomic E-state index is 0.00364. The van der Waals surface area contributed by atoms with Gasteiger partial charge in [-0.1, -0.05) is 46.2 Å². The van der Waals surface area contributed by atoms with Crippen LogP contribution in [0.2, 0.25) is 0 Å². The number of nitrogens with zero attached hydrogens (tertiary/aromatic N) is 3. The molecule has 2 aromatic carbocycles. The van der Waals surface area contributed by atoms with Crippen LogP contribution in [0.5, 0.6) is 5.75 Å². The van der Waals surface area contributed by atoms with Gasteiger partial charge in [-0.15, -0.1) is 0 Å². The van der Waals surface area contributed by atoms with Gasteiger partial charge in [-0.2, -0.15) is 0 Å². The Morgan fingerprint density at radius 2 is 1.31 bits per heavy atom. The van der Waals surface area contributed by atoms with Crippen LogP contribution in [0.1, 0.15) is 95.0 Å². The van der Waals surface area contributed by atoms with Gasteiger partial charge in [0.25, 0.3) is 5.91 Å². The molecule has 0 saturated carbocycles. The van der Waals surface area contributed by atoms with Crippen LogP contribution in [-0.2, 0) is 35.2 Å². The van der Waals surface area contributed by atoms with Crippen LogP contribution < -0.4 is 49.5 Å². The highest BCUT2D eigenvalue weighted by Crippen LogP contribution is 2.22. The van der Waals surface area contributed by atoms with Crippen molar-refractivity contribution in [3.63, 3.8) is 0 Å². The highest BCUT2D eigenvalue weighted by atomic mass is 18.2. The Kier molecular flexibility index (Phi) is 21.8. The van der Waals surface area contributed by atoms with Crippen LogP contribution in [0.4, 0.5) is 4.39 Å². The van der Waals surface area contributed by atoms with E-state index in [1.54, 1.807) is 26.0 Å². The molecule has 22 heteroatoms. The third-order valence-corrected chi connectivity index (χ3v) is 11.2. The summed E-state index contributed by atoms with van der Waals surface area (Å²) in [5, 5.41) is 33.2. The molecule has 1 saturated heterocycles. The number of guanidine groups is 2. The molecule has 15 N–H and O–H groups in total. The van der Waals surface area contributed by atoms with Crippen molar-refractivity contribution in [1.82, 2.24) is 31.5 Å². The third kappa shape index (κ3) is 18.1. The summed E-state index contributed by atoms with van der Waals surface area (Å²) in [5.74, 6) is -6.96. The number of likely N-dealkylation sites (tertiary alicyclic amines) is 1. The number of carbonyl (C=O) groups excluding carboxylic acids is 6. The molecule has 368 valence electrons. The first kappa shape index (κ1) is 54.3. The Hall–Kier alpha value is -7.00. The average molecular weight is 938 g/mol. The van der Waals surface area contributed by atoms with Gasteiger partial charge in [0.2, 0.25) is 29.5 Å². The summed E-state index contributed by atoms with van der Waals surface area (Å²) in [4.78, 5) is 105. The SMILES string of the molecule is CC[C@H](C)[C@H](NC(=O)[C@H](Cc1ccc(O)cc1)NC(=O)[C@@H]1CCCN1C(=O)[C@H](CCCN=C(N)N)NC(=O)[C@H](CCCN=C(N)N)NC(=O)c1ccc([18F])cc1)C(=O)N[C@@H](CC(C)C)C(=O)O. The van der Waals surface area contributed by atoms with Gasteiger partial charge in [0, 0.05) is 31.6 Å². The van der Waals surface area contributed by atoms with Gasteiger partial charge < -0.3 is 64.6 Å². The highest BCUT2D eigenvalue weighted by molar-refractivity contribution is 5.99. The number of carboxylic acids is 1. The van der Waals surface area contributed by atoms with E-state index in [9.17, 15) is 48.2 Å². The number of nitrogens with one attached hydrogen (secondary N) is 5. The number of aliphatic carboxylic acids is 1. The lowest BCUT2D eigenvalue weighted by atomic mass is 9.96. The lowest BCUT2D eigenvalue weighted by molar-refractivity contribution is -0.143. The smallest absolute Gasteiger partial charge is 0.326 e. The largest absolute Gasteiger partial charge is 0.508 e. The first-order valence-electron chi connectivity index (χ1n) is 22.4. The zero-order valence-electron chi connectivity index (χ0n) is 38.5. The monoisotopic (exact) mass is 938 g/mol. The Bertz CT molecular complexity index is 2060. The van der Waals surface area contributed by atoms with Crippen molar-refractivity contribution < 1.29 is 48.2 Å². The summed E-state index contributed by atoms with van der Waals surface area (Å²) in [6, 6.07) is 3.30. The molecule has 1 fully saturated rings. The topological polar surface area (TPSA) is 352 Å². The van der Waals surface area contributed by atoms with Crippen molar-refractivity contribution in [3.05, 3.63) is 65.5 Å². The van der Waals surface area contributed by atoms with E-state index in [-0.39, 0.29) is 93.7 Å². The van der Waals surface area contributed by atoms with Crippen molar-refractivity contribution >= 4 is 53.3 Å². The number of benzene rings is 2. The van der Waals surface area contributed by atoms with Crippen LogP contribution in [-0.4, -0.2) is 124 Å². The molecule has 3 rings (SSSR count). The number of halogens is 1. The first-order chi connectivity index (χ1) is 31.7. The van der Waals surface area contributed by atoms with E-state index in [1.807, 2.05) is 13.8 Å². The first-order valence-corrected chi connectivity index (χ1v) is 22.4. The van der Waals surface area contributed by atoms with Crippen LogP contribution in [0.15, 0.2) is 58.5 Å². The van der Waals surface area contributed by atoms with Gasteiger partial charge in [0.1, 0.15) is 47.8 Å². The number of rotatable bonds is 26. The molecule has 0 aromatic heterocycles. The lowest BCUT2D eigenvalue weighted by Gasteiger charge is -2.31. The normalized spacial score (nSPS) is 16.0. The van der Waals surface area contributed by atoms with Crippen LogP contribution >= 0.6 is 0 Å². The highest BCUT2D eigenvalue weighted by Gasteiger charge is 2.40. The fourth-order valence-corrected chi connectivity index (χ4v) is 7.41. The molecule has 0 bridgehead atoms. The fourth-order valence-electron chi connectivity index (χ4n) is 7.41. The lowest BCUT2D eigenvalue weighted by Crippen LogP contribution is -2.60. The summed E-state index contributed by atoms with van der Waals surface area (Å²) in [6.07, 6.45) is 1.52. The minimum atomic E-state index is -1.32. The molecule has 2 aromatic rings. The molecule has 0 unspecified atom stereocenters.